The highest BCUT2D eigenvalue weighted by Crippen LogP contribution is 2.29. The van der Waals surface area contributed by atoms with Crippen LogP contribution in [0.1, 0.15) is 30.9 Å². The Morgan fingerprint density at radius 3 is 2.71 bits per heavy atom. The summed E-state index contributed by atoms with van der Waals surface area (Å²) in [5.74, 6) is 0. The van der Waals surface area contributed by atoms with E-state index in [2.05, 4.69) is 24.0 Å². The summed E-state index contributed by atoms with van der Waals surface area (Å²) in [6, 6.07) is 6.16. The van der Waals surface area contributed by atoms with Crippen molar-refractivity contribution in [2.75, 3.05) is 13.1 Å². The highest BCUT2D eigenvalue weighted by atomic mass is 35.5. The van der Waals surface area contributed by atoms with E-state index in [4.69, 9.17) is 11.6 Å². The molecule has 1 aromatic rings. The molecule has 1 N–H and O–H groups in total. The normalized spacial score (nSPS) is 19.1. The minimum Gasteiger partial charge on any atom is -0.387 e. The number of likely N-dealkylation sites (tertiary alicyclic amines) is 1. The maximum absolute atomic E-state index is 10.1. The molecule has 0 atom stereocenters. The van der Waals surface area contributed by atoms with E-state index in [9.17, 15) is 5.11 Å². The van der Waals surface area contributed by atoms with Gasteiger partial charge in [0.05, 0.1) is 5.60 Å². The third kappa shape index (κ3) is 3.01. The van der Waals surface area contributed by atoms with E-state index < -0.39 is 5.60 Å². The van der Waals surface area contributed by atoms with Crippen molar-refractivity contribution in [1.82, 2.24) is 4.90 Å². The molecule has 2 nitrogen and oxygen atoms in total. The lowest BCUT2D eigenvalue weighted by Crippen LogP contribution is -2.60. The van der Waals surface area contributed by atoms with Crippen LogP contribution in [0, 0.1) is 6.92 Å². The summed E-state index contributed by atoms with van der Waals surface area (Å²) in [7, 11) is 0. The first-order valence-corrected chi connectivity index (χ1v) is 6.60. The van der Waals surface area contributed by atoms with Gasteiger partial charge in [-0.3, -0.25) is 4.90 Å². The number of nitrogens with zero attached hydrogens (tertiary/aromatic N) is 1. The number of aryl methyl sites for hydroxylation is 1. The average Bonchev–Trinajstić information content (AvgIpc) is 2.20. The molecule has 0 bridgehead atoms. The first-order chi connectivity index (χ1) is 8.02. The van der Waals surface area contributed by atoms with Gasteiger partial charge < -0.3 is 5.11 Å². The number of hydrogen-bond acceptors (Lipinski definition) is 2. The molecule has 0 amide bonds. The fourth-order valence-electron chi connectivity index (χ4n) is 2.54. The number of hydrogen-bond donors (Lipinski definition) is 1. The van der Waals surface area contributed by atoms with E-state index in [-0.39, 0.29) is 0 Å². The van der Waals surface area contributed by atoms with Crippen LogP contribution in [0.3, 0.4) is 0 Å². The summed E-state index contributed by atoms with van der Waals surface area (Å²) in [6.45, 7) is 6.53. The third-order valence-corrected chi connectivity index (χ3v) is 3.71. The molecule has 0 aliphatic carbocycles. The van der Waals surface area contributed by atoms with Crippen LogP contribution in [0.15, 0.2) is 18.2 Å². The van der Waals surface area contributed by atoms with Crippen molar-refractivity contribution in [2.45, 2.75) is 38.8 Å². The molecule has 0 saturated carbocycles. The standard InChI is InChI=1S/C14H20ClNO/c1-3-6-14(17)9-16(10-14)8-12-5-4-11(2)7-13(12)15/h4-5,7,17H,3,6,8-10H2,1-2H3. The van der Waals surface area contributed by atoms with Crippen LogP contribution in [-0.4, -0.2) is 28.7 Å². The first kappa shape index (κ1) is 12.9. The van der Waals surface area contributed by atoms with Gasteiger partial charge in [0.1, 0.15) is 0 Å². The van der Waals surface area contributed by atoms with Crippen LogP contribution in [0.4, 0.5) is 0 Å². The van der Waals surface area contributed by atoms with E-state index in [0.29, 0.717) is 0 Å². The van der Waals surface area contributed by atoms with Gasteiger partial charge >= 0.3 is 0 Å². The lowest BCUT2D eigenvalue weighted by Gasteiger charge is -2.46. The number of halogens is 1. The number of benzene rings is 1. The monoisotopic (exact) mass is 253 g/mol. The van der Waals surface area contributed by atoms with E-state index in [1.54, 1.807) is 0 Å². The molecular weight excluding hydrogens is 234 g/mol. The third-order valence-electron chi connectivity index (χ3n) is 3.35. The van der Waals surface area contributed by atoms with Crippen molar-refractivity contribution < 1.29 is 5.11 Å². The van der Waals surface area contributed by atoms with Gasteiger partial charge in [0.25, 0.3) is 0 Å². The summed E-state index contributed by atoms with van der Waals surface area (Å²) < 4.78 is 0. The molecule has 3 heteroatoms. The summed E-state index contributed by atoms with van der Waals surface area (Å²) in [5.41, 5.74) is 1.88. The highest BCUT2D eigenvalue weighted by Gasteiger charge is 2.39. The highest BCUT2D eigenvalue weighted by molar-refractivity contribution is 6.31. The van der Waals surface area contributed by atoms with Crippen molar-refractivity contribution in [3.8, 4) is 0 Å². The average molecular weight is 254 g/mol. The second kappa shape index (κ2) is 4.97. The molecule has 0 radical (unpaired) electrons. The van der Waals surface area contributed by atoms with E-state index in [1.165, 1.54) is 5.56 Å². The van der Waals surface area contributed by atoms with Crippen LogP contribution in [0.25, 0.3) is 0 Å². The molecule has 0 spiro atoms. The molecule has 1 aliphatic rings. The summed E-state index contributed by atoms with van der Waals surface area (Å²) in [5, 5.41) is 10.9. The predicted molar refractivity (Wildman–Crippen MR) is 71.3 cm³/mol. The zero-order valence-electron chi connectivity index (χ0n) is 10.5. The zero-order chi connectivity index (χ0) is 12.5. The Balaban J connectivity index is 1.91. The maximum Gasteiger partial charge on any atom is 0.0900 e. The van der Waals surface area contributed by atoms with Gasteiger partial charge in [-0.25, -0.2) is 0 Å². The second-order valence-corrected chi connectivity index (χ2v) is 5.62. The molecule has 1 heterocycles. The van der Waals surface area contributed by atoms with Crippen molar-refractivity contribution in [2.24, 2.45) is 0 Å². The van der Waals surface area contributed by atoms with Gasteiger partial charge in [-0.15, -0.1) is 0 Å². The fourth-order valence-corrected chi connectivity index (χ4v) is 2.84. The molecule has 1 aliphatic heterocycles. The lowest BCUT2D eigenvalue weighted by molar-refractivity contribution is -0.106. The van der Waals surface area contributed by atoms with Gasteiger partial charge in [-0.2, -0.15) is 0 Å². The van der Waals surface area contributed by atoms with Gasteiger partial charge in [0.2, 0.25) is 0 Å². The lowest BCUT2D eigenvalue weighted by atomic mass is 9.89. The molecule has 1 fully saturated rings. The molecule has 1 aromatic carbocycles. The van der Waals surface area contributed by atoms with Crippen LogP contribution in [0.2, 0.25) is 5.02 Å². The summed E-state index contributed by atoms with van der Waals surface area (Å²) >= 11 is 6.20. The van der Waals surface area contributed by atoms with Gasteiger partial charge in [-0.1, -0.05) is 37.1 Å². The van der Waals surface area contributed by atoms with E-state index in [0.717, 1.165) is 43.1 Å². The van der Waals surface area contributed by atoms with Crippen molar-refractivity contribution in [3.63, 3.8) is 0 Å². The van der Waals surface area contributed by atoms with Crippen LogP contribution in [0.5, 0.6) is 0 Å². The van der Waals surface area contributed by atoms with Crippen molar-refractivity contribution in [1.29, 1.82) is 0 Å². The summed E-state index contributed by atoms with van der Waals surface area (Å²) in [6.07, 6.45) is 1.93. The Morgan fingerprint density at radius 2 is 2.12 bits per heavy atom. The Morgan fingerprint density at radius 1 is 1.41 bits per heavy atom. The van der Waals surface area contributed by atoms with Crippen molar-refractivity contribution in [3.05, 3.63) is 34.3 Å². The SMILES string of the molecule is CCCC1(O)CN(Cc2ccc(C)cc2Cl)C1. The molecule has 2 rings (SSSR count). The minimum absolute atomic E-state index is 0.452. The van der Waals surface area contributed by atoms with Crippen LogP contribution >= 0.6 is 11.6 Å². The smallest absolute Gasteiger partial charge is 0.0900 e. The fraction of sp³-hybridized carbons (Fsp3) is 0.571. The Labute approximate surface area is 108 Å². The quantitative estimate of drug-likeness (QED) is 0.892. The van der Waals surface area contributed by atoms with Gasteiger partial charge in [-0.05, 0) is 30.5 Å². The number of β-amino-alcohol motifs (C(OH)–C–C–N with tert-alkyl or cyclic N) is 1. The minimum atomic E-state index is -0.452. The molecule has 17 heavy (non-hydrogen) atoms. The Hall–Kier alpha value is -0.570. The second-order valence-electron chi connectivity index (χ2n) is 5.21. The number of rotatable bonds is 4. The van der Waals surface area contributed by atoms with Gasteiger partial charge in [0.15, 0.2) is 0 Å². The van der Waals surface area contributed by atoms with Crippen LogP contribution < -0.4 is 0 Å². The summed E-state index contributed by atoms with van der Waals surface area (Å²) in [4.78, 5) is 2.24. The first-order valence-electron chi connectivity index (χ1n) is 6.22. The topological polar surface area (TPSA) is 23.5 Å². The number of aliphatic hydroxyl groups is 1. The molecule has 0 unspecified atom stereocenters. The zero-order valence-corrected chi connectivity index (χ0v) is 11.3. The van der Waals surface area contributed by atoms with Crippen molar-refractivity contribution >= 4 is 11.6 Å². The Bertz CT molecular complexity index is 399. The van der Waals surface area contributed by atoms with Gasteiger partial charge in [0, 0.05) is 24.7 Å². The maximum atomic E-state index is 10.1. The molecular formula is C14H20ClNO. The van der Waals surface area contributed by atoms with E-state index >= 15 is 0 Å². The van der Waals surface area contributed by atoms with Crippen LogP contribution in [-0.2, 0) is 6.54 Å². The predicted octanol–water partition coefficient (Wildman–Crippen LogP) is 3.00. The van der Waals surface area contributed by atoms with E-state index in [1.807, 2.05) is 13.0 Å². The molecule has 1 saturated heterocycles. The largest absolute Gasteiger partial charge is 0.387 e. The Kier molecular flexibility index (Phi) is 3.76. The molecule has 0 aromatic heterocycles. The molecule has 94 valence electrons.